The summed E-state index contributed by atoms with van der Waals surface area (Å²) in [4.78, 5) is 40.5. The van der Waals surface area contributed by atoms with Gasteiger partial charge in [-0.05, 0) is 23.6 Å². The fourth-order valence-corrected chi connectivity index (χ4v) is 3.34. The lowest BCUT2D eigenvalue weighted by molar-refractivity contribution is -0.144. The molecule has 3 rings (SSSR count). The van der Waals surface area contributed by atoms with E-state index in [1.165, 1.54) is 9.80 Å². The zero-order chi connectivity index (χ0) is 20.3. The first-order valence-corrected chi connectivity index (χ1v) is 9.08. The minimum Gasteiger partial charge on any atom is -0.480 e. The third-order valence-corrected chi connectivity index (χ3v) is 4.62. The molecule has 1 aliphatic rings. The molecule has 1 heterocycles. The first-order chi connectivity index (χ1) is 13.4. The molecule has 2 aromatic carbocycles. The predicted molar refractivity (Wildman–Crippen MR) is 105 cm³/mol. The fraction of sp³-hybridized carbons (Fsp3) is 0.227. The third kappa shape index (κ3) is 3.81. The van der Waals surface area contributed by atoms with Crippen molar-refractivity contribution in [3.63, 3.8) is 0 Å². The molecule has 0 radical (unpaired) electrons. The van der Waals surface area contributed by atoms with Crippen molar-refractivity contribution >= 4 is 23.5 Å². The van der Waals surface area contributed by atoms with Crippen molar-refractivity contribution in [3.8, 4) is 0 Å². The molecule has 0 aliphatic carbocycles. The minimum atomic E-state index is -1.11. The van der Waals surface area contributed by atoms with Crippen molar-refractivity contribution in [2.24, 2.45) is 5.92 Å². The number of nitrogens with zero attached hydrogens (tertiary/aromatic N) is 2. The standard InChI is InChI=1S/C22H22N2O4/c1-15(2)20-22(28)23(14-19(25)26)18(16-9-5-3-6-10-16)13-24(20)21(27)17-11-7-4-8-12-17/h3-13,15,20H,14H2,1-2H3,(H,25,26)/t20-/m1/s1. The smallest absolute Gasteiger partial charge is 0.323 e. The minimum absolute atomic E-state index is 0.190. The molecule has 0 saturated carbocycles. The average Bonchev–Trinajstić information content (AvgIpc) is 2.69. The SMILES string of the molecule is CC(C)[C@@H]1C(=O)N(CC(=O)O)C(c2ccccc2)=CN1C(=O)c1ccccc1. The molecule has 0 aromatic heterocycles. The largest absolute Gasteiger partial charge is 0.480 e. The highest BCUT2D eigenvalue weighted by molar-refractivity contribution is 6.03. The molecule has 1 aliphatic heterocycles. The number of carboxylic acids is 1. The Hall–Kier alpha value is -3.41. The predicted octanol–water partition coefficient (Wildman–Crippen LogP) is 3.08. The van der Waals surface area contributed by atoms with Crippen molar-refractivity contribution in [3.05, 3.63) is 78.0 Å². The molecule has 28 heavy (non-hydrogen) atoms. The van der Waals surface area contributed by atoms with E-state index in [1.807, 2.05) is 26.0 Å². The number of hydrogen-bond acceptors (Lipinski definition) is 3. The zero-order valence-corrected chi connectivity index (χ0v) is 15.8. The van der Waals surface area contributed by atoms with E-state index in [4.69, 9.17) is 0 Å². The van der Waals surface area contributed by atoms with Crippen LogP contribution in [-0.2, 0) is 9.59 Å². The Morgan fingerprint density at radius 2 is 1.57 bits per heavy atom. The highest BCUT2D eigenvalue weighted by Gasteiger charge is 2.41. The molecule has 0 bridgehead atoms. The van der Waals surface area contributed by atoms with E-state index in [0.717, 1.165) is 0 Å². The second kappa shape index (κ2) is 8.08. The van der Waals surface area contributed by atoms with Crippen molar-refractivity contribution in [1.82, 2.24) is 9.80 Å². The number of aliphatic carboxylic acids is 1. The lowest BCUT2D eigenvalue weighted by Crippen LogP contribution is -2.55. The topological polar surface area (TPSA) is 77.9 Å². The molecule has 0 saturated heterocycles. The van der Waals surface area contributed by atoms with Crippen LogP contribution in [0.3, 0.4) is 0 Å². The van der Waals surface area contributed by atoms with Gasteiger partial charge in [0.15, 0.2) is 0 Å². The van der Waals surface area contributed by atoms with Crippen LogP contribution < -0.4 is 0 Å². The number of benzene rings is 2. The Morgan fingerprint density at radius 1 is 1.00 bits per heavy atom. The first-order valence-electron chi connectivity index (χ1n) is 9.08. The molecule has 0 unspecified atom stereocenters. The number of carbonyl (C=O) groups is 3. The van der Waals surface area contributed by atoms with Crippen LogP contribution >= 0.6 is 0 Å². The summed E-state index contributed by atoms with van der Waals surface area (Å²) in [7, 11) is 0. The van der Waals surface area contributed by atoms with Gasteiger partial charge in [0.2, 0.25) is 0 Å². The van der Waals surface area contributed by atoms with Gasteiger partial charge in [-0.15, -0.1) is 0 Å². The number of rotatable bonds is 5. The van der Waals surface area contributed by atoms with Gasteiger partial charge in [0, 0.05) is 11.8 Å². The van der Waals surface area contributed by atoms with Crippen LogP contribution in [0.2, 0.25) is 0 Å². The monoisotopic (exact) mass is 378 g/mol. The Balaban J connectivity index is 2.14. The van der Waals surface area contributed by atoms with Gasteiger partial charge in [0.1, 0.15) is 12.6 Å². The number of carbonyl (C=O) groups excluding carboxylic acids is 2. The van der Waals surface area contributed by atoms with Gasteiger partial charge in [-0.1, -0.05) is 62.4 Å². The number of amides is 2. The summed E-state index contributed by atoms with van der Waals surface area (Å²) in [6, 6.07) is 17.0. The highest BCUT2D eigenvalue weighted by Crippen LogP contribution is 2.30. The van der Waals surface area contributed by atoms with Crippen LogP contribution in [0, 0.1) is 5.92 Å². The Morgan fingerprint density at radius 3 is 2.11 bits per heavy atom. The van der Waals surface area contributed by atoms with E-state index in [9.17, 15) is 19.5 Å². The molecular weight excluding hydrogens is 356 g/mol. The van der Waals surface area contributed by atoms with Gasteiger partial charge >= 0.3 is 5.97 Å². The molecule has 6 heteroatoms. The van der Waals surface area contributed by atoms with E-state index in [0.29, 0.717) is 16.8 Å². The van der Waals surface area contributed by atoms with Gasteiger partial charge in [0.05, 0.1) is 5.70 Å². The van der Waals surface area contributed by atoms with E-state index in [-0.39, 0.29) is 11.8 Å². The fourth-order valence-electron chi connectivity index (χ4n) is 3.34. The normalized spacial score (nSPS) is 16.9. The summed E-state index contributed by atoms with van der Waals surface area (Å²) >= 11 is 0. The number of carboxylic acid groups (broad SMARTS) is 1. The average molecular weight is 378 g/mol. The number of hydrogen-bond donors (Lipinski definition) is 1. The Kier molecular flexibility index (Phi) is 5.59. The summed E-state index contributed by atoms with van der Waals surface area (Å²) < 4.78 is 0. The lowest BCUT2D eigenvalue weighted by atomic mass is 9.96. The maximum atomic E-state index is 13.3. The van der Waals surface area contributed by atoms with Gasteiger partial charge < -0.3 is 10.0 Å². The van der Waals surface area contributed by atoms with Crippen molar-refractivity contribution in [2.75, 3.05) is 6.54 Å². The van der Waals surface area contributed by atoms with Crippen LogP contribution in [0.25, 0.3) is 5.70 Å². The quantitative estimate of drug-likeness (QED) is 0.867. The molecule has 1 N–H and O–H groups in total. The molecule has 144 valence electrons. The second-order valence-electron chi connectivity index (χ2n) is 6.97. The lowest BCUT2D eigenvalue weighted by Gasteiger charge is -2.40. The molecule has 0 fully saturated rings. The van der Waals surface area contributed by atoms with Crippen LogP contribution in [0.1, 0.15) is 29.8 Å². The van der Waals surface area contributed by atoms with Crippen LogP contribution in [-0.4, -0.2) is 45.3 Å². The van der Waals surface area contributed by atoms with Crippen LogP contribution in [0.15, 0.2) is 66.9 Å². The van der Waals surface area contributed by atoms with E-state index in [2.05, 4.69) is 0 Å². The first kappa shape index (κ1) is 19.4. The van der Waals surface area contributed by atoms with E-state index >= 15 is 0 Å². The molecule has 2 aromatic rings. The van der Waals surface area contributed by atoms with Gasteiger partial charge in [0.25, 0.3) is 11.8 Å². The summed E-state index contributed by atoms with van der Waals surface area (Å²) in [6.07, 6.45) is 1.60. The van der Waals surface area contributed by atoms with Crippen LogP contribution in [0.4, 0.5) is 0 Å². The Labute approximate surface area is 163 Å². The summed E-state index contributed by atoms with van der Waals surface area (Å²) in [5.41, 5.74) is 1.54. The molecule has 0 spiro atoms. The summed E-state index contributed by atoms with van der Waals surface area (Å²) in [5.74, 6) is -2.00. The third-order valence-electron chi connectivity index (χ3n) is 4.62. The molecule has 2 amide bonds. The van der Waals surface area contributed by atoms with Crippen molar-refractivity contribution < 1.29 is 19.5 Å². The summed E-state index contributed by atoms with van der Waals surface area (Å²) in [5, 5.41) is 9.32. The highest BCUT2D eigenvalue weighted by atomic mass is 16.4. The van der Waals surface area contributed by atoms with E-state index in [1.54, 1.807) is 54.7 Å². The van der Waals surface area contributed by atoms with Gasteiger partial charge in [-0.25, -0.2) is 0 Å². The zero-order valence-electron chi connectivity index (χ0n) is 15.8. The van der Waals surface area contributed by atoms with Crippen LogP contribution in [0.5, 0.6) is 0 Å². The van der Waals surface area contributed by atoms with Crippen molar-refractivity contribution in [1.29, 1.82) is 0 Å². The summed E-state index contributed by atoms with van der Waals surface area (Å²) in [6.45, 7) is 3.22. The second-order valence-corrected chi connectivity index (χ2v) is 6.97. The van der Waals surface area contributed by atoms with Gasteiger partial charge in [-0.3, -0.25) is 19.3 Å². The van der Waals surface area contributed by atoms with Gasteiger partial charge in [-0.2, -0.15) is 0 Å². The molecule has 6 nitrogen and oxygen atoms in total. The molecular formula is C22H22N2O4. The Bertz CT molecular complexity index is 907. The maximum absolute atomic E-state index is 13.3. The maximum Gasteiger partial charge on any atom is 0.323 e. The molecule has 1 atom stereocenters. The van der Waals surface area contributed by atoms with Crippen molar-refractivity contribution in [2.45, 2.75) is 19.9 Å². The van der Waals surface area contributed by atoms with E-state index < -0.39 is 24.5 Å².